The Morgan fingerprint density at radius 1 is 1.53 bits per heavy atom. The predicted octanol–water partition coefficient (Wildman–Crippen LogP) is 1.24. The Balaban J connectivity index is 2.04. The molecule has 86 valence electrons. The van der Waals surface area contributed by atoms with Gasteiger partial charge in [-0.1, -0.05) is 6.58 Å². The molecule has 1 aliphatic rings. The van der Waals surface area contributed by atoms with E-state index >= 15 is 0 Å². The first-order chi connectivity index (χ1) is 8.25. The molecule has 17 heavy (non-hydrogen) atoms. The molecule has 0 radical (unpaired) electrons. The van der Waals surface area contributed by atoms with Gasteiger partial charge in [-0.15, -0.1) is 0 Å². The molecular formula is C12H12N4O. The zero-order chi connectivity index (χ0) is 11.8. The van der Waals surface area contributed by atoms with Crippen LogP contribution in [0.1, 0.15) is 24.6 Å². The number of imidazole rings is 1. The number of aromatic nitrogens is 3. The minimum absolute atomic E-state index is 0.0422. The molecule has 0 spiro atoms. The monoisotopic (exact) mass is 228 g/mol. The number of nitrogens with one attached hydrogen (secondary N) is 1. The highest BCUT2D eigenvalue weighted by molar-refractivity contribution is 5.85. The lowest BCUT2D eigenvalue weighted by Gasteiger charge is -2.22. The third-order valence-electron chi connectivity index (χ3n) is 2.99. The molecule has 1 saturated heterocycles. The zero-order valence-electron chi connectivity index (χ0n) is 9.26. The minimum atomic E-state index is -0.238. The first-order valence-corrected chi connectivity index (χ1v) is 5.53. The van der Waals surface area contributed by atoms with Crippen LogP contribution in [0.5, 0.6) is 0 Å². The van der Waals surface area contributed by atoms with E-state index in [4.69, 9.17) is 0 Å². The second-order valence-corrected chi connectivity index (χ2v) is 4.16. The third kappa shape index (κ3) is 1.60. The molecule has 3 heterocycles. The average Bonchev–Trinajstić information content (AvgIpc) is 2.73. The molecule has 1 amide bonds. The number of hydrogen-bond donors (Lipinski definition) is 1. The van der Waals surface area contributed by atoms with Crippen molar-refractivity contribution in [2.45, 2.75) is 18.8 Å². The maximum Gasteiger partial charge on any atom is 0.234 e. The summed E-state index contributed by atoms with van der Waals surface area (Å²) in [5.74, 6) is 0.419. The maximum atomic E-state index is 11.9. The van der Waals surface area contributed by atoms with Crippen LogP contribution in [0.4, 0.5) is 0 Å². The van der Waals surface area contributed by atoms with Crippen LogP contribution in [0.3, 0.4) is 0 Å². The van der Waals surface area contributed by atoms with Crippen LogP contribution in [0.2, 0.25) is 0 Å². The van der Waals surface area contributed by atoms with E-state index in [-0.39, 0.29) is 11.8 Å². The molecule has 1 aliphatic heterocycles. The molecule has 3 rings (SSSR count). The standard InChI is InChI=1S/C12H12N4O/c1-8-4-5-10(12(17)15-8)11-13-7-9-3-2-6-14-16(9)11/h2-3,6-7,10H,1,4-5H2,(H,15,17). The predicted molar refractivity (Wildman–Crippen MR) is 62.2 cm³/mol. The fourth-order valence-electron chi connectivity index (χ4n) is 2.12. The second kappa shape index (κ2) is 3.69. The average molecular weight is 228 g/mol. The fourth-order valence-corrected chi connectivity index (χ4v) is 2.12. The first kappa shape index (κ1) is 10.0. The molecule has 1 N–H and O–H groups in total. The number of fused-ring (bicyclic) bond motifs is 1. The summed E-state index contributed by atoms with van der Waals surface area (Å²) in [6, 6.07) is 3.77. The fraction of sp³-hybridized carbons (Fsp3) is 0.250. The van der Waals surface area contributed by atoms with Crippen molar-refractivity contribution in [1.82, 2.24) is 19.9 Å². The van der Waals surface area contributed by atoms with Gasteiger partial charge in [0.25, 0.3) is 0 Å². The van der Waals surface area contributed by atoms with E-state index in [2.05, 4.69) is 22.0 Å². The van der Waals surface area contributed by atoms with E-state index in [0.717, 1.165) is 24.1 Å². The zero-order valence-corrected chi connectivity index (χ0v) is 9.26. The summed E-state index contributed by atoms with van der Waals surface area (Å²) in [6.07, 6.45) is 4.95. The quantitative estimate of drug-likeness (QED) is 0.798. The lowest BCUT2D eigenvalue weighted by Crippen LogP contribution is -2.34. The number of nitrogens with zero attached hydrogens (tertiary/aromatic N) is 3. The lowest BCUT2D eigenvalue weighted by molar-refractivity contribution is -0.123. The van der Waals surface area contributed by atoms with Crippen LogP contribution in [0.25, 0.3) is 5.52 Å². The van der Waals surface area contributed by atoms with Gasteiger partial charge in [0, 0.05) is 11.9 Å². The Bertz CT molecular complexity index is 601. The van der Waals surface area contributed by atoms with Crippen molar-refractivity contribution in [3.05, 3.63) is 42.6 Å². The van der Waals surface area contributed by atoms with Gasteiger partial charge in [0.1, 0.15) is 5.82 Å². The van der Waals surface area contributed by atoms with Crippen LogP contribution in [-0.4, -0.2) is 20.5 Å². The number of carbonyl (C=O) groups is 1. The van der Waals surface area contributed by atoms with Crippen LogP contribution in [0, 0.1) is 0 Å². The molecule has 0 aromatic carbocycles. The van der Waals surface area contributed by atoms with E-state index in [1.165, 1.54) is 0 Å². The third-order valence-corrected chi connectivity index (χ3v) is 2.99. The summed E-state index contributed by atoms with van der Waals surface area (Å²) in [6.45, 7) is 3.77. The van der Waals surface area contributed by atoms with Gasteiger partial charge in [0.05, 0.1) is 17.6 Å². The lowest BCUT2D eigenvalue weighted by atomic mass is 9.96. The second-order valence-electron chi connectivity index (χ2n) is 4.16. The van der Waals surface area contributed by atoms with E-state index in [1.807, 2.05) is 12.1 Å². The Morgan fingerprint density at radius 3 is 3.24 bits per heavy atom. The first-order valence-electron chi connectivity index (χ1n) is 5.53. The van der Waals surface area contributed by atoms with Crippen molar-refractivity contribution in [1.29, 1.82) is 0 Å². The summed E-state index contributed by atoms with van der Waals surface area (Å²) in [5.41, 5.74) is 1.68. The highest BCUT2D eigenvalue weighted by Crippen LogP contribution is 2.26. The molecule has 1 atom stereocenters. The van der Waals surface area contributed by atoms with Gasteiger partial charge >= 0.3 is 0 Å². The van der Waals surface area contributed by atoms with Crippen LogP contribution >= 0.6 is 0 Å². The molecule has 1 unspecified atom stereocenters. The number of amides is 1. The van der Waals surface area contributed by atoms with Gasteiger partial charge in [0.2, 0.25) is 5.91 Å². The van der Waals surface area contributed by atoms with Crippen molar-refractivity contribution in [3.8, 4) is 0 Å². The number of allylic oxidation sites excluding steroid dienone is 1. The number of rotatable bonds is 1. The van der Waals surface area contributed by atoms with E-state index in [0.29, 0.717) is 5.82 Å². The normalized spacial score (nSPS) is 20.6. The smallest absolute Gasteiger partial charge is 0.234 e. The Kier molecular flexibility index (Phi) is 2.18. The minimum Gasteiger partial charge on any atom is -0.330 e. The summed E-state index contributed by atoms with van der Waals surface area (Å²) >= 11 is 0. The van der Waals surface area contributed by atoms with E-state index in [1.54, 1.807) is 16.9 Å². The van der Waals surface area contributed by atoms with E-state index in [9.17, 15) is 4.79 Å². The number of hydrogen-bond acceptors (Lipinski definition) is 3. The molecule has 5 heteroatoms. The van der Waals surface area contributed by atoms with Crippen molar-refractivity contribution in [2.75, 3.05) is 0 Å². The number of carbonyl (C=O) groups excluding carboxylic acids is 1. The summed E-state index contributed by atoms with van der Waals surface area (Å²) in [5, 5.41) is 6.99. The molecule has 2 aromatic heterocycles. The Hall–Kier alpha value is -2.17. The molecule has 5 nitrogen and oxygen atoms in total. The summed E-state index contributed by atoms with van der Waals surface area (Å²) < 4.78 is 1.72. The van der Waals surface area contributed by atoms with Gasteiger partial charge in [-0.25, -0.2) is 9.50 Å². The van der Waals surface area contributed by atoms with E-state index < -0.39 is 0 Å². The SMILES string of the molecule is C=C1CCC(c2ncc3cccnn23)C(=O)N1. The molecule has 0 saturated carbocycles. The molecule has 0 bridgehead atoms. The van der Waals surface area contributed by atoms with Crippen LogP contribution < -0.4 is 5.32 Å². The molecular weight excluding hydrogens is 216 g/mol. The maximum absolute atomic E-state index is 11.9. The van der Waals surface area contributed by atoms with Crippen molar-refractivity contribution in [2.24, 2.45) is 0 Å². The summed E-state index contributed by atoms with van der Waals surface area (Å²) in [7, 11) is 0. The van der Waals surface area contributed by atoms with Gasteiger partial charge in [-0.05, 0) is 25.0 Å². The van der Waals surface area contributed by atoms with Gasteiger partial charge < -0.3 is 5.32 Å². The summed E-state index contributed by atoms with van der Waals surface area (Å²) in [4.78, 5) is 16.2. The van der Waals surface area contributed by atoms with Gasteiger partial charge in [-0.3, -0.25) is 4.79 Å². The largest absolute Gasteiger partial charge is 0.330 e. The molecule has 0 aliphatic carbocycles. The molecule has 2 aromatic rings. The Labute approximate surface area is 98.2 Å². The van der Waals surface area contributed by atoms with Crippen molar-refractivity contribution < 1.29 is 4.79 Å². The van der Waals surface area contributed by atoms with Crippen molar-refractivity contribution >= 4 is 11.4 Å². The number of piperidine rings is 1. The van der Waals surface area contributed by atoms with Gasteiger partial charge in [0.15, 0.2) is 0 Å². The van der Waals surface area contributed by atoms with Crippen molar-refractivity contribution in [3.63, 3.8) is 0 Å². The van der Waals surface area contributed by atoms with Crippen LogP contribution in [-0.2, 0) is 4.79 Å². The highest BCUT2D eigenvalue weighted by Gasteiger charge is 2.29. The topological polar surface area (TPSA) is 59.3 Å². The Morgan fingerprint density at radius 2 is 2.41 bits per heavy atom. The van der Waals surface area contributed by atoms with Crippen LogP contribution in [0.15, 0.2) is 36.8 Å². The van der Waals surface area contributed by atoms with Gasteiger partial charge in [-0.2, -0.15) is 5.10 Å². The highest BCUT2D eigenvalue weighted by atomic mass is 16.2. The molecule has 1 fully saturated rings.